The zero-order valence-electron chi connectivity index (χ0n) is 5.68. The predicted molar refractivity (Wildman–Crippen MR) is 32.6 cm³/mol. The van der Waals surface area contributed by atoms with Gasteiger partial charge in [0.15, 0.2) is 0 Å². The minimum Gasteiger partial charge on any atom is -0.390 e. The lowest BCUT2D eigenvalue weighted by Gasteiger charge is -2.22. The topological polar surface area (TPSA) is 40.5 Å². The van der Waals surface area contributed by atoms with E-state index in [2.05, 4.69) is 0 Å². The molecule has 0 aromatic carbocycles. The van der Waals surface area contributed by atoms with Crippen molar-refractivity contribution in [3.05, 3.63) is 0 Å². The van der Waals surface area contributed by atoms with E-state index >= 15 is 0 Å². The predicted octanol–water partition coefficient (Wildman–Crippen LogP) is 0.528. The smallest absolute Gasteiger partial charge is 0.0849 e. The van der Waals surface area contributed by atoms with Gasteiger partial charge in [0.25, 0.3) is 0 Å². The highest BCUT2D eigenvalue weighted by atomic mass is 16.3. The van der Waals surface area contributed by atoms with E-state index in [1.807, 2.05) is 6.92 Å². The quantitative estimate of drug-likeness (QED) is 0.555. The molecule has 0 aromatic rings. The molecule has 1 atom stereocenters. The van der Waals surface area contributed by atoms with Gasteiger partial charge in [-0.2, -0.15) is 0 Å². The molecule has 0 rings (SSSR count). The van der Waals surface area contributed by atoms with Crippen molar-refractivity contribution in [2.75, 3.05) is 0 Å². The lowest BCUT2D eigenvalue weighted by atomic mass is 10.0. The van der Waals surface area contributed by atoms with Gasteiger partial charge < -0.3 is 10.2 Å². The number of aliphatic hydroxyl groups is 2. The molecule has 0 aliphatic heterocycles. The zero-order valence-corrected chi connectivity index (χ0v) is 5.68. The molecule has 0 aliphatic carbocycles. The van der Waals surface area contributed by atoms with Gasteiger partial charge in [-0.1, -0.05) is 6.92 Å². The van der Waals surface area contributed by atoms with Crippen LogP contribution in [-0.2, 0) is 0 Å². The first-order chi connectivity index (χ1) is 3.48. The second-order valence-corrected chi connectivity index (χ2v) is 2.58. The first-order valence-electron chi connectivity index (χ1n) is 2.89. The van der Waals surface area contributed by atoms with E-state index in [0.717, 1.165) is 0 Å². The molecule has 0 amide bonds. The van der Waals surface area contributed by atoms with Crippen molar-refractivity contribution in [1.82, 2.24) is 0 Å². The highest BCUT2D eigenvalue weighted by molar-refractivity contribution is 4.73. The lowest BCUT2D eigenvalue weighted by Crippen LogP contribution is -2.34. The van der Waals surface area contributed by atoms with E-state index in [-0.39, 0.29) is 0 Å². The Labute approximate surface area is 50.2 Å². The van der Waals surface area contributed by atoms with Crippen LogP contribution in [0.5, 0.6) is 0 Å². The zero-order chi connectivity index (χ0) is 6.78. The van der Waals surface area contributed by atoms with Crippen molar-refractivity contribution < 1.29 is 10.2 Å². The van der Waals surface area contributed by atoms with Crippen molar-refractivity contribution in [2.45, 2.75) is 38.9 Å². The fourth-order valence-corrected chi connectivity index (χ4v) is 0.500. The van der Waals surface area contributed by atoms with Crippen LogP contribution in [0.15, 0.2) is 0 Å². The van der Waals surface area contributed by atoms with Gasteiger partial charge in [0.2, 0.25) is 0 Å². The average molecular weight is 118 g/mol. The Morgan fingerprint density at radius 1 is 1.50 bits per heavy atom. The van der Waals surface area contributed by atoms with Gasteiger partial charge in [-0.05, 0) is 20.3 Å². The second-order valence-electron chi connectivity index (χ2n) is 2.58. The maximum Gasteiger partial charge on any atom is 0.0849 e. The van der Waals surface area contributed by atoms with Gasteiger partial charge in [0.1, 0.15) is 0 Å². The Morgan fingerprint density at radius 2 is 1.88 bits per heavy atom. The summed E-state index contributed by atoms with van der Waals surface area (Å²) in [7, 11) is 0. The van der Waals surface area contributed by atoms with Crippen LogP contribution < -0.4 is 0 Å². The highest BCUT2D eigenvalue weighted by Crippen LogP contribution is 2.09. The van der Waals surface area contributed by atoms with Crippen LogP contribution in [0.4, 0.5) is 0 Å². The molecule has 2 heteroatoms. The summed E-state index contributed by atoms with van der Waals surface area (Å²) in [4.78, 5) is 0. The summed E-state index contributed by atoms with van der Waals surface area (Å²) < 4.78 is 0. The van der Waals surface area contributed by atoms with Gasteiger partial charge >= 0.3 is 0 Å². The van der Waals surface area contributed by atoms with E-state index in [1.165, 1.54) is 0 Å². The van der Waals surface area contributed by atoms with Gasteiger partial charge in [0.05, 0.1) is 11.7 Å². The van der Waals surface area contributed by atoms with Crippen LogP contribution in [0.25, 0.3) is 0 Å². The van der Waals surface area contributed by atoms with Gasteiger partial charge in [0, 0.05) is 0 Å². The molecule has 0 aliphatic rings. The second kappa shape index (κ2) is 2.46. The fourth-order valence-electron chi connectivity index (χ4n) is 0.500. The highest BCUT2D eigenvalue weighted by Gasteiger charge is 2.21. The summed E-state index contributed by atoms with van der Waals surface area (Å²) in [5, 5.41) is 18.0. The monoisotopic (exact) mass is 118 g/mol. The Balaban J connectivity index is 3.62. The van der Waals surface area contributed by atoms with Gasteiger partial charge in [-0.25, -0.2) is 0 Å². The SMILES string of the molecule is CCC(O)C(C)(C)O. The summed E-state index contributed by atoms with van der Waals surface area (Å²) in [6, 6.07) is 0. The number of rotatable bonds is 2. The molecule has 0 saturated carbocycles. The molecule has 2 nitrogen and oxygen atoms in total. The molecular formula is C6H14O2. The van der Waals surface area contributed by atoms with Crippen LogP contribution in [0, 0.1) is 0 Å². The Kier molecular flexibility index (Phi) is 2.44. The maximum absolute atomic E-state index is 9.04. The van der Waals surface area contributed by atoms with E-state index < -0.39 is 11.7 Å². The summed E-state index contributed by atoms with van der Waals surface area (Å²) in [6.45, 7) is 5.03. The van der Waals surface area contributed by atoms with E-state index in [1.54, 1.807) is 13.8 Å². The van der Waals surface area contributed by atoms with Crippen LogP contribution in [-0.4, -0.2) is 21.9 Å². The molecule has 0 spiro atoms. The summed E-state index contributed by atoms with van der Waals surface area (Å²) >= 11 is 0. The number of aliphatic hydroxyl groups excluding tert-OH is 1. The third-order valence-electron chi connectivity index (χ3n) is 1.20. The molecule has 1 unspecified atom stereocenters. The van der Waals surface area contributed by atoms with Crippen molar-refractivity contribution in [3.63, 3.8) is 0 Å². The van der Waals surface area contributed by atoms with Crippen molar-refractivity contribution in [1.29, 1.82) is 0 Å². The largest absolute Gasteiger partial charge is 0.390 e. The standard InChI is InChI=1S/C6H14O2/c1-4-5(7)6(2,3)8/h5,7-8H,4H2,1-3H3. The summed E-state index contributed by atoms with van der Waals surface area (Å²) in [6.07, 6.45) is 0.00579. The maximum atomic E-state index is 9.04. The molecule has 0 heterocycles. The Bertz CT molecular complexity index is 63.4. The molecule has 0 radical (unpaired) electrons. The van der Waals surface area contributed by atoms with Crippen molar-refractivity contribution >= 4 is 0 Å². The Hall–Kier alpha value is -0.0800. The number of hydrogen-bond acceptors (Lipinski definition) is 2. The van der Waals surface area contributed by atoms with Crippen molar-refractivity contribution in [2.24, 2.45) is 0 Å². The van der Waals surface area contributed by atoms with Crippen molar-refractivity contribution in [3.8, 4) is 0 Å². The molecule has 50 valence electrons. The third-order valence-corrected chi connectivity index (χ3v) is 1.20. The first-order valence-corrected chi connectivity index (χ1v) is 2.89. The molecule has 0 fully saturated rings. The normalized spacial score (nSPS) is 16.1. The summed E-state index contributed by atoms with van der Waals surface area (Å²) in [5.74, 6) is 0. The van der Waals surface area contributed by atoms with E-state index in [0.29, 0.717) is 6.42 Å². The summed E-state index contributed by atoms with van der Waals surface area (Å²) in [5.41, 5.74) is -0.936. The van der Waals surface area contributed by atoms with E-state index in [4.69, 9.17) is 10.2 Å². The minimum absolute atomic E-state index is 0.595. The molecule has 8 heavy (non-hydrogen) atoms. The molecule has 2 N–H and O–H groups in total. The minimum atomic E-state index is -0.936. The number of hydrogen-bond donors (Lipinski definition) is 2. The third kappa shape index (κ3) is 2.28. The molecule has 0 aromatic heterocycles. The van der Waals surface area contributed by atoms with Crippen LogP contribution in [0.2, 0.25) is 0 Å². The van der Waals surface area contributed by atoms with Gasteiger partial charge in [-0.3, -0.25) is 0 Å². The van der Waals surface area contributed by atoms with E-state index in [9.17, 15) is 0 Å². The molecule has 0 saturated heterocycles. The van der Waals surface area contributed by atoms with Gasteiger partial charge in [-0.15, -0.1) is 0 Å². The fraction of sp³-hybridized carbons (Fsp3) is 1.00. The Morgan fingerprint density at radius 3 is 1.88 bits per heavy atom. The molecular weight excluding hydrogens is 104 g/mol. The molecule has 0 bridgehead atoms. The average Bonchev–Trinajstić information content (AvgIpc) is 1.62. The van der Waals surface area contributed by atoms with Crippen LogP contribution in [0.3, 0.4) is 0 Å². The van der Waals surface area contributed by atoms with Crippen LogP contribution in [0.1, 0.15) is 27.2 Å². The lowest BCUT2D eigenvalue weighted by molar-refractivity contribution is -0.0488. The first kappa shape index (κ1) is 7.92. The van der Waals surface area contributed by atoms with Crippen LogP contribution >= 0.6 is 0 Å².